The maximum atomic E-state index is 12.5. The van der Waals surface area contributed by atoms with Crippen molar-refractivity contribution in [3.8, 4) is 11.3 Å². The Balaban J connectivity index is 0.00000210. The Hall–Kier alpha value is -3.71. The number of anilines is 3. The lowest BCUT2D eigenvalue weighted by Crippen LogP contribution is -2.25. The van der Waals surface area contributed by atoms with Gasteiger partial charge < -0.3 is 21.5 Å². The van der Waals surface area contributed by atoms with Gasteiger partial charge in [0.2, 0.25) is 0 Å². The third kappa shape index (κ3) is 6.67. The fourth-order valence-corrected chi connectivity index (χ4v) is 3.44. The second kappa shape index (κ2) is 11.6. The number of halogens is 2. The Morgan fingerprint density at radius 1 is 1.14 bits per heavy atom. The Bertz CT molecular complexity index is 1210. The van der Waals surface area contributed by atoms with Crippen molar-refractivity contribution in [1.82, 2.24) is 14.8 Å². The van der Waals surface area contributed by atoms with E-state index in [2.05, 4.69) is 25.9 Å². The molecule has 35 heavy (non-hydrogen) atoms. The van der Waals surface area contributed by atoms with E-state index in [0.29, 0.717) is 29.2 Å². The zero-order chi connectivity index (χ0) is 26.3. The molecule has 1 amide bonds. The summed E-state index contributed by atoms with van der Waals surface area (Å²) in [6.45, 7) is 5.68. The molecule has 3 rings (SSSR count). The minimum atomic E-state index is -3.02. The largest absolute Gasteiger partial charge is 0.364 e. The van der Waals surface area contributed by atoms with E-state index in [4.69, 9.17) is 5.73 Å². The number of carbonyl (C=O) groups is 2. The normalized spacial score (nSPS) is 11.9. The number of nitrogens with two attached hydrogens (primary N) is 2. The first-order valence-corrected chi connectivity index (χ1v) is 11.5. The summed E-state index contributed by atoms with van der Waals surface area (Å²) in [4.78, 5) is 27.7. The van der Waals surface area contributed by atoms with Crippen LogP contribution in [0.5, 0.6) is 0 Å². The summed E-state index contributed by atoms with van der Waals surface area (Å²) in [5, 5.41) is 7.65. The molecule has 1 atom stereocenters. The number of nitrogens with zero attached hydrogens (tertiary/aromatic N) is 3. The number of aldehydes is 1. The fourth-order valence-electron chi connectivity index (χ4n) is 2.98. The summed E-state index contributed by atoms with van der Waals surface area (Å²) in [6.07, 6.45) is 0.642. The zero-order valence-electron chi connectivity index (χ0n) is 19.6. The Labute approximate surface area is 203 Å². The molecule has 0 aliphatic heterocycles. The maximum Gasteiger partial charge on any atom is 0.330 e. The standard InChI is InChI=1S/C21H22F2N6O3S.CH5N/c1-21(2,3)29-19(26-16-6-4-5-15(25-16)18(24)31)14(11-30)17(27-29)12-7-9-13(10-8-12)28-33(32)20(22)23;1-2/h4-11,20,28H,1-3H3,(H2,24,31)(H,25,26);2H2,1H3. The van der Waals surface area contributed by atoms with Crippen molar-refractivity contribution in [1.29, 1.82) is 0 Å². The first kappa shape index (κ1) is 27.5. The minimum Gasteiger partial charge on any atom is -0.364 e. The summed E-state index contributed by atoms with van der Waals surface area (Å²) < 4.78 is 40.2. The molecular weight excluding hydrogens is 480 g/mol. The van der Waals surface area contributed by atoms with E-state index in [0.717, 1.165) is 0 Å². The summed E-state index contributed by atoms with van der Waals surface area (Å²) in [7, 11) is -1.03. The van der Waals surface area contributed by atoms with Crippen LogP contribution in [0.1, 0.15) is 41.6 Å². The maximum absolute atomic E-state index is 12.5. The topological polar surface area (TPSA) is 158 Å². The van der Waals surface area contributed by atoms with Gasteiger partial charge in [0.15, 0.2) is 17.3 Å². The van der Waals surface area contributed by atoms with Crippen molar-refractivity contribution in [2.45, 2.75) is 32.1 Å². The van der Waals surface area contributed by atoms with E-state index in [1.165, 1.54) is 25.2 Å². The van der Waals surface area contributed by atoms with E-state index >= 15 is 0 Å². The van der Waals surface area contributed by atoms with Gasteiger partial charge in [-0.25, -0.2) is 13.9 Å². The number of alkyl halides is 2. The van der Waals surface area contributed by atoms with Gasteiger partial charge in [-0.2, -0.15) is 13.9 Å². The van der Waals surface area contributed by atoms with E-state index in [9.17, 15) is 22.6 Å². The van der Waals surface area contributed by atoms with Crippen LogP contribution in [0.25, 0.3) is 11.3 Å². The molecule has 6 N–H and O–H groups in total. The predicted molar refractivity (Wildman–Crippen MR) is 132 cm³/mol. The fraction of sp³-hybridized carbons (Fsp3) is 0.273. The number of pyridine rings is 1. The van der Waals surface area contributed by atoms with Gasteiger partial charge >= 0.3 is 5.76 Å². The minimum absolute atomic E-state index is 0.0546. The molecule has 10 nitrogen and oxygen atoms in total. The van der Waals surface area contributed by atoms with E-state index < -0.39 is 28.2 Å². The molecule has 0 aliphatic carbocycles. The highest BCUT2D eigenvalue weighted by molar-refractivity contribution is 7.86. The van der Waals surface area contributed by atoms with Crippen LogP contribution >= 0.6 is 0 Å². The van der Waals surface area contributed by atoms with Crippen LogP contribution in [0, 0.1) is 0 Å². The first-order chi connectivity index (χ1) is 16.5. The van der Waals surface area contributed by atoms with Crippen LogP contribution in [-0.2, 0) is 16.5 Å². The average Bonchev–Trinajstić information content (AvgIpc) is 3.19. The van der Waals surface area contributed by atoms with Gasteiger partial charge in [0, 0.05) is 11.3 Å². The van der Waals surface area contributed by atoms with Crippen molar-refractivity contribution >= 4 is 40.5 Å². The average molecular weight is 508 g/mol. The molecule has 13 heteroatoms. The predicted octanol–water partition coefficient (Wildman–Crippen LogP) is 3.23. The smallest absolute Gasteiger partial charge is 0.330 e. The van der Waals surface area contributed by atoms with Gasteiger partial charge in [0.05, 0.1) is 11.1 Å². The van der Waals surface area contributed by atoms with Crippen molar-refractivity contribution < 1.29 is 22.6 Å². The highest BCUT2D eigenvalue weighted by Gasteiger charge is 2.26. The summed E-state index contributed by atoms with van der Waals surface area (Å²) >= 11 is 0. The summed E-state index contributed by atoms with van der Waals surface area (Å²) in [5.41, 5.74) is 10.6. The highest BCUT2D eigenvalue weighted by Crippen LogP contribution is 2.33. The van der Waals surface area contributed by atoms with Gasteiger partial charge in [-0.05, 0) is 52.1 Å². The molecule has 0 radical (unpaired) electrons. The molecule has 2 heterocycles. The second-order valence-electron chi connectivity index (χ2n) is 7.95. The Kier molecular flexibility index (Phi) is 9.14. The number of primary amides is 1. The lowest BCUT2D eigenvalue weighted by atomic mass is 10.1. The molecule has 0 bridgehead atoms. The molecule has 0 saturated heterocycles. The molecule has 0 aliphatic rings. The van der Waals surface area contributed by atoms with Gasteiger partial charge in [0.1, 0.15) is 23.0 Å². The first-order valence-electron chi connectivity index (χ1n) is 10.3. The van der Waals surface area contributed by atoms with E-state index in [1.807, 2.05) is 20.8 Å². The van der Waals surface area contributed by atoms with E-state index in [-0.39, 0.29) is 16.9 Å². The van der Waals surface area contributed by atoms with Gasteiger partial charge in [-0.15, -0.1) is 0 Å². The number of benzene rings is 1. The van der Waals surface area contributed by atoms with Crippen LogP contribution in [0.4, 0.5) is 26.1 Å². The molecule has 1 aromatic carbocycles. The van der Waals surface area contributed by atoms with Gasteiger partial charge in [0.25, 0.3) is 5.91 Å². The molecule has 188 valence electrons. The SMILES string of the molecule is CC(C)(C)n1nc(-c2ccc(NS(=O)C(F)F)cc2)c(C=O)c1Nc1cccc(C(N)=O)n1.CN. The van der Waals surface area contributed by atoms with Gasteiger partial charge in [-0.3, -0.25) is 9.59 Å². The lowest BCUT2D eigenvalue weighted by Gasteiger charge is -2.22. The van der Waals surface area contributed by atoms with Crippen molar-refractivity contribution in [2.75, 3.05) is 17.1 Å². The van der Waals surface area contributed by atoms with Crippen LogP contribution in [0.3, 0.4) is 0 Å². The zero-order valence-corrected chi connectivity index (χ0v) is 20.4. The van der Waals surface area contributed by atoms with Crippen molar-refractivity contribution in [3.05, 3.63) is 53.7 Å². The highest BCUT2D eigenvalue weighted by atomic mass is 32.2. The monoisotopic (exact) mass is 507 g/mol. The molecule has 0 fully saturated rings. The third-order valence-corrected chi connectivity index (χ3v) is 5.22. The molecule has 0 spiro atoms. The number of hydrogen-bond acceptors (Lipinski definition) is 7. The number of hydrogen-bond donors (Lipinski definition) is 4. The number of amides is 1. The van der Waals surface area contributed by atoms with Crippen LogP contribution < -0.4 is 21.5 Å². The molecular formula is C22H27F2N7O3S. The van der Waals surface area contributed by atoms with Crippen molar-refractivity contribution in [3.63, 3.8) is 0 Å². The number of rotatable bonds is 8. The molecule has 1 unspecified atom stereocenters. The Morgan fingerprint density at radius 2 is 1.77 bits per heavy atom. The summed E-state index contributed by atoms with van der Waals surface area (Å²) in [5.74, 6) is -3.08. The lowest BCUT2D eigenvalue weighted by molar-refractivity contribution is 0.0995. The van der Waals surface area contributed by atoms with E-state index in [1.54, 1.807) is 28.9 Å². The van der Waals surface area contributed by atoms with Crippen LogP contribution in [-0.4, -0.2) is 44.0 Å². The van der Waals surface area contributed by atoms with Crippen molar-refractivity contribution in [2.24, 2.45) is 11.5 Å². The molecule has 3 aromatic rings. The number of carbonyl (C=O) groups excluding carboxylic acids is 2. The number of nitrogens with one attached hydrogen (secondary N) is 2. The Morgan fingerprint density at radius 3 is 2.29 bits per heavy atom. The van der Waals surface area contributed by atoms with Crippen LogP contribution in [0.15, 0.2) is 42.5 Å². The van der Waals surface area contributed by atoms with Gasteiger partial charge in [-0.1, -0.05) is 18.2 Å². The summed E-state index contributed by atoms with van der Waals surface area (Å²) in [6, 6.07) is 10.8. The van der Waals surface area contributed by atoms with Crippen LogP contribution in [0.2, 0.25) is 0 Å². The second-order valence-corrected chi connectivity index (χ2v) is 9.10. The third-order valence-electron chi connectivity index (χ3n) is 4.46. The quantitative estimate of drug-likeness (QED) is 0.341. The molecule has 0 saturated carbocycles. The number of aromatic nitrogens is 3. The molecule has 2 aromatic heterocycles.